The third-order valence-corrected chi connectivity index (χ3v) is 4.76. The molecule has 0 bridgehead atoms. The van der Waals surface area contributed by atoms with Gasteiger partial charge in [0.15, 0.2) is 0 Å². The lowest BCUT2D eigenvalue weighted by Gasteiger charge is -2.27. The van der Waals surface area contributed by atoms with Gasteiger partial charge in [0, 0.05) is 24.8 Å². The number of fused-ring (bicyclic) bond motifs is 1. The van der Waals surface area contributed by atoms with Crippen molar-refractivity contribution in [2.45, 2.75) is 39.0 Å². The van der Waals surface area contributed by atoms with Crippen LogP contribution in [-0.4, -0.2) is 13.6 Å². The lowest BCUT2D eigenvalue weighted by atomic mass is 9.92. The van der Waals surface area contributed by atoms with Crippen molar-refractivity contribution in [1.82, 2.24) is 0 Å². The zero-order chi connectivity index (χ0) is 16.1. The zero-order valence-electron chi connectivity index (χ0n) is 14.8. The minimum atomic E-state index is 0. The van der Waals surface area contributed by atoms with Crippen LogP contribution in [0, 0.1) is 0 Å². The second kappa shape index (κ2) is 9.26. The standard InChI is InChI=1S/C22H27N.HI/c1-3-4-5-6-9-18-12-14-19(15-13-18)20-16-17-23(2)22-11-8-7-10-21(20)22;/h7-8,10-16H,3-6,9,17H2,1-2H3;1H. The van der Waals surface area contributed by atoms with Crippen LogP contribution in [0.1, 0.15) is 49.3 Å². The molecule has 2 aromatic rings. The average molecular weight is 433 g/mol. The highest BCUT2D eigenvalue weighted by molar-refractivity contribution is 14.0. The maximum atomic E-state index is 2.35. The topological polar surface area (TPSA) is 3.24 Å². The van der Waals surface area contributed by atoms with E-state index in [9.17, 15) is 0 Å². The molecule has 0 saturated carbocycles. The van der Waals surface area contributed by atoms with Crippen molar-refractivity contribution >= 4 is 35.2 Å². The molecule has 0 fully saturated rings. The van der Waals surface area contributed by atoms with Crippen molar-refractivity contribution in [1.29, 1.82) is 0 Å². The summed E-state index contributed by atoms with van der Waals surface area (Å²) in [4.78, 5) is 2.31. The van der Waals surface area contributed by atoms with Gasteiger partial charge >= 0.3 is 0 Å². The van der Waals surface area contributed by atoms with Crippen molar-refractivity contribution in [3.63, 3.8) is 0 Å². The van der Waals surface area contributed by atoms with Crippen molar-refractivity contribution < 1.29 is 0 Å². The molecule has 2 heteroatoms. The number of nitrogens with zero attached hydrogens (tertiary/aromatic N) is 1. The van der Waals surface area contributed by atoms with E-state index >= 15 is 0 Å². The van der Waals surface area contributed by atoms with Crippen LogP contribution in [0.15, 0.2) is 54.6 Å². The van der Waals surface area contributed by atoms with E-state index in [1.165, 1.54) is 60.1 Å². The average Bonchev–Trinajstić information content (AvgIpc) is 2.60. The Morgan fingerprint density at radius 1 is 0.917 bits per heavy atom. The molecule has 3 rings (SSSR count). The molecule has 1 aliphatic heterocycles. The van der Waals surface area contributed by atoms with E-state index in [-0.39, 0.29) is 24.0 Å². The predicted molar refractivity (Wildman–Crippen MR) is 116 cm³/mol. The Bertz CT molecular complexity index is 673. The van der Waals surface area contributed by atoms with Gasteiger partial charge in [-0.05, 0) is 35.6 Å². The fraction of sp³-hybridized carbons (Fsp3) is 0.364. The number of benzene rings is 2. The van der Waals surface area contributed by atoms with Gasteiger partial charge in [0.25, 0.3) is 0 Å². The molecule has 0 unspecified atom stereocenters. The van der Waals surface area contributed by atoms with Crippen LogP contribution in [0.5, 0.6) is 0 Å². The first-order chi connectivity index (χ1) is 11.3. The van der Waals surface area contributed by atoms with Crippen molar-refractivity contribution in [2.24, 2.45) is 0 Å². The fourth-order valence-corrected chi connectivity index (χ4v) is 3.35. The lowest BCUT2D eigenvalue weighted by molar-refractivity contribution is 0.667. The molecule has 2 aromatic carbocycles. The number of anilines is 1. The summed E-state index contributed by atoms with van der Waals surface area (Å²) in [6.07, 6.45) is 8.88. The van der Waals surface area contributed by atoms with Gasteiger partial charge in [-0.25, -0.2) is 0 Å². The number of halogens is 1. The summed E-state index contributed by atoms with van der Waals surface area (Å²) in [5, 5.41) is 0. The van der Waals surface area contributed by atoms with E-state index in [0.29, 0.717) is 0 Å². The van der Waals surface area contributed by atoms with Crippen LogP contribution in [0.4, 0.5) is 5.69 Å². The summed E-state index contributed by atoms with van der Waals surface area (Å²) >= 11 is 0. The molecule has 0 radical (unpaired) electrons. The molecular formula is C22H28IN. The van der Waals surface area contributed by atoms with Gasteiger partial charge in [0.1, 0.15) is 0 Å². The Hall–Kier alpha value is -1.29. The molecule has 0 saturated heterocycles. The normalized spacial score (nSPS) is 13.1. The number of unbranched alkanes of at least 4 members (excludes halogenated alkanes) is 3. The van der Waals surface area contributed by atoms with Gasteiger partial charge in [-0.1, -0.05) is 74.7 Å². The Balaban J connectivity index is 0.00000208. The smallest absolute Gasteiger partial charge is 0.0446 e. The molecule has 0 aromatic heterocycles. The summed E-state index contributed by atoms with van der Waals surface area (Å²) in [6.45, 7) is 3.24. The van der Waals surface area contributed by atoms with Crippen LogP contribution in [0.2, 0.25) is 0 Å². The van der Waals surface area contributed by atoms with E-state index < -0.39 is 0 Å². The molecule has 0 aliphatic carbocycles. The molecule has 1 nitrogen and oxygen atoms in total. The Kier molecular flexibility index (Phi) is 7.35. The molecule has 0 atom stereocenters. The van der Waals surface area contributed by atoms with Gasteiger partial charge in [-0.3, -0.25) is 0 Å². The Labute approximate surface area is 163 Å². The SMILES string of the molecule is CCCCCCc1ccc(C2=CCN(C)c3ccccc32)cc1.I. The molecule has 24 heavy (non-hydrogen) atoms. The van der Waals surface area contributed by atoms with Gasteiger partial charge in [0.05, 0.1) is 0 Å². The molecule has 0 N–H and O–H groups in total. The second-order valence-electron chi connectivity index (χ2n) is 6.52. The van der Waals surface area contributed by atoms with Crippen molar-refractivity contribution in [2.75, 3.05) is 18.5 Å². The van der Waals surface area contributed by atoms with Crippen molar-refractivity contribution in [3.05, 3.63) is 71.3 Å². The fourth-order valence-electron chi connectivity index (χ4n) is 3.35. The van der Waals surface area contributed by atoms with Crippen LogP contribution in [-0.2, 0) is 6.42 Å². The first kappa shape index (κ1) is 19.0. The van der Waals surface area contributed by atoms with Gasteiger partial charge in [0.2, 0.25) is 0 Å². The highest BCUT2D eigenvalue weighted by Crippen LogP contribution is 2.34. The number of hydrogen-bond donors (Lipinski definition) is 0. The van der Waals surface area contributed by atoms with E-state index in [1.54, 1.807) is 0 Å². The van der Waals surface area contributed by atoms with E-state index in [4.69, 9.17) is 0 Å². The Morgan fingerprint density at radius 3 is 2.42 bits per heavy atom. The van der Waals surface area contributed by atoms with Crippen LogP contribution in [0.3, 0.4) is 0 Å². The molecule has 0 amide bonds. The lowest BCUT2D eigenvalue weighted by Crippen LogP contribution is -2.22. The quantitative estimate of drug-likeness (QED) is 0.381. The first-order valence-electron chi connectivity index (χ1n) is 8.89. The van der Waals surface area contributed by atoms with Crippen LogP contribution in [0.25, 0.3) is 5.57 Å². The summed E-state index contributed by atoms with van der Waals surface area (Å²) in [6, 6.07) is 17.9. The molecule has 1 heterocycles. The summed E-state index contributed by atoms with van der Waals surface area (Å²) < 4.78 is 0. The molecule has 128 valence electrons. The van der Waals surface area contributed by atoms with Crippen LogP contribution >= 0.6 is 24.0 Å². The van der Waals surface area contributed by atoms with Crippen molar-refractivity contribution in [3.8, 4) is 0 Å². The van der Waals surface area contributed by atoms with Gasteiger partial charge in [-0.15, -0.1) is 24.0 Å². The minimum Gasteiger partial charge on any atom is -0.370 e. The maximum Gasteiger partial charge on any atom is 0.0446 e. The van der Waals surface area contributed by atoms with Gasteiger partial charge < -0.3 is 4.90 Å². The zero-order valence-corrected chi connectivity index (χ0v) is 17.1. The third kappa shape index (κ3) is 4.41. The third-order valence-electron chi connectivity index (χ3n) is 4.76. The molecule has 0 spiro atoms. The van der Waals surface area contributed by atoms with Crippen LogP contribution < -0.4 is 4.90 Å². The largest absolute Gasteiger partial charge is 0.370 e. The predicted octanol–water partition coefficient (Wildman–Crippen LogP) is 6.31. The summed E-state index contributed by atoms with van der Waals surface area (Å²) in [5.74, 6) is 0. The van der Waals surface area contributed by atoms with E-state index in [2.05, 4.69) is 73.5 Å². The first-order valence-corrected chi connectivity index (χ1v) is 8.89. The second-order valence-corrected chi connectivity index (χ2v) is 6.52. The summed E-state index contributed by atoms with van der Waals surface area (Å²) in [7, 11) is 2.16. The monoisotopic (exact) mass is 433 g/mol. The van der Waals surface area contributed by atoms with E-state index in [1.807, 2.05) is 0 Å². The minimum absolute atomic E-state index is 0. The number of likely N-dealkylation sites (N-methyl/N-ethyl adjacent to an activating group) is 1. The highest BCUT2D eigenvalue weighted by Gasteiger charge is 2.16. The summed E-state index contributed by atoms with van der Waals surface area (Å²) in [5.41, 5.74) is 6.84. The van der Waals surface area contributed by atoms with Gasteiger partial charge in [-0.2, -0.15) is 0 Å². The highest BCUT2D eigenvalue weighted by atomic mass is 127. The Morgan fingerprint density at radius 2 is 1.67 bits per heavy atom. The number of rotatable bonds is 6. The number of aryl methyl sites for hydroxylation is 1. The molecule has 1 aliphatic rings. The number of hydrogen-bond acceptors (Lipinski definition) is 1. The molecular weight excluding hydrogens is 405 g/mol. The van der Waals surface area contributed by atoms with E-state index in [0.717, 1.165) is 6.54 Å². The number of para-hydroxylation sites is 1. The maximum absolute atomic E-state index is 2.35.